The third-order valence-corrected chi connectivity index (χ3v) is 3.83. The predicted molar refractivity (Wildman–Crippen MR) is 90.3 cm³/mol. The molecule has 0 aromatic carbocycles. The van der Waals surface area contributed by atoms with Gasteiger partial charge in [0.15, 0.2) is 0 Å². The van der Waals surface area contributed by atoms with Gasteiger partial charge in [-0.2, -0.15) is 0 Å². The van der Waals surface area contributed by atoms with Crippen LogP contribution in [-0.4, -0.2) is 47.4 Å². The van der Waals surface area contributed by atoms with Crippen molar-refractivity contribution in [1.29, 1.82) is 0 Å². The molecule has 1 aromatic heterocycles. The highest BCUT2D eigenvalue weighted by Crippen LogP contribution is 2.32. The Morgan fingerprint density at radius 3 is 2.84 bits per heavy atom. The fraction of sp³-hybridized carbons (Fsp3) is 0.625. The van der Waals surface area contributed by atoms with Gasteiger partial charge in [-0.25, -0.2) is 4.79 Å². The van der Waals surface area contributed by atoms with Crippen molar-refractivity contribution in [2.45, 2.75) is 38.8 Å². The molecule has 0 radical (unpaired) electrons. The second-order valence-corrected chi connectivity index (χ2v) is 7.04. The number of hydrogen-bond acceptors (Lipinski definition) is 6. The lowest BCUT2D eigenvalue weighted by Crippen LogP contribution is -2.53. The number of anilines is 1. The Kier molecular flexibility index (Phi) is 5.89. The van der Waals surface area contributed by atoms with E-state index in [-0.39, 0.29) is 17.3 Å². The number of nitro groups is 1. The molecule has 25 heavy (non-hydrogen) atoms. The smallest absolute Gasteiger partial charge is 0.415 e. The number of rotatable bonds is 4. The van der Waals surface area contributed by atoms with Crippen LogP contribution in [0.3, 0.4) is 0 Å². The van der Waals surface area contributed by atoms with E-state index < -0.39 is 29.3 Å². The quantitative estimate of drug-likeness (QED) is 0.659. The van der Waals surface area contributed by atoms with Gasteiger partial charge in [-0.05, 0) is 33.3 Å². The zero-order valence-corrected chi connectivity index (χ0v) is 14.6. The van der Waals surface area contributed by atoms with Crippen molar-refractivity contribution in [3.63, 3.8) is 0 Å². The normalized spacial score (nSPS) is 20.8. The number of piperidine rings is 1. The number of carbonyl (C=O) groups excluding carboxylic acids is 1. The number of aromatic nitrogens is 1. The Hall–Kier alpha value is -2.29. The average Bonchev–Trinajstić information content (AvgIpc) is 2.54. The van der Waals surface area contributed by atoms with Crippen molar-refractivity contribution in [1.82, 2.24) is 10.3 Å². The summed E-state index contributed by atoms with van der Waals surface area (Å²) in [4.78, 5) is 28.5. The van der Waals surface area contributed by atoms with Gasteiger partial charge in [-0.1, -0.05) is 0 Å². The van der Waals surface area contributed by atoms with Crippen LogP contribution < -0.4 is 10.2 Å². The highest BCUT2D eigenvalue weighted by Gasteiger charge is 2.36. The molecule has 2 unspecified atom stereocenters. The summed E-state index contributed by atoms with van der Waals surface area (Å²) >= 11 is 0. The molecule has 0 aliphatic carbocycles. The van der Waals surface area contributed by atoms with Gasteiger partial charge < -0.3 is 10.1 Å². The van der Waals surface area contributed by atoms with Gasteiger partial charge in [0.25, 0.3) is 0 Å². The van der Waals surface area contributed by atoms with Crippen LogP contribution in [0.25, 0.3) is 0 Å². The number of hydrogen-bond donors (Lipinski definition) is 1. The lowest BCUT2D eigenvalue weighted by atomic mass is 9.95. The number of amides is 1. The first-order chi connectivity index (χ1) is 11.7. The summed E-state index contributed by atoms with van der Waals surface area (Å²) in [5, 5.41) is 14.4. The number of nitrogens with one attached hydrogen (secondary N) is 1. The molecule has 1 aliphatic rings. The zero-order chi connectivity index (χ0) is 18.6. The number of carbonyl (C=O) groups is 1. The van der Waals surface area contributed by atoms with Crippen molar-refractivity contribution >= 4 is 17.5 Å². The summed E-state index contributed by atoms with van der Waals surface area (Å²) in [6, 6.07) is 0.951. The fourth-order valence-corrected chi connectivity index (χ4v) is 2.80. The van der Waals surface area contributed by atoms with E-state index in [1.165, 1.54) is 17.2 Å². The zero-order valence-electron chi connectivity index (χ0n) is 14.6. The first-order valence-electron chi connectivity index (χ1n) is 8.10. The minimum Gasteiger partial charge on any atom is -0.443 e. The molecule has 2 heterocycles. The van der Waals surface area contributed by atoms with Gasteiger partial charge in [0.2, 0.25) is 0 Å². The average molecular weight is 354 g/mol. The number of nitrogens with zero attached hydrogens (tertiary/aromatic N) is 3. The van der Waals surface area contributed by atoms with E-state index in [4.69, 9.17) is 4.74 Å². The molecule has 0 spiro atoms. The van der Waals surface area contributed by atoms with Crippen molar-refractivity contribution in [3.8, 4) is 0 Å². The molecule has 0 saturated carbocycles. The van der Waals surface area contributed by atoms with Crippen molar-refractivity contribution in [3.05, 3.63) is 28.6 Å². The van der Waals surface area contributed by atoms with E-state index in [1.54, 1.807) is 20.8 Å². The lowest BCUT2D eigenvalue weighted by molar-refractivity contribution is -0.384. The number of halogens is 1. The molecule has 1 N–H and O–H groups in total. The highest BCUT2D eigenvalue weighted by atomic mass is 19.1. The first kappa shape index (κ1) is 19.0. The number of pyridine rings is 1. The second-order valence-electron chi connectivity index (χ2n) is 7.04. The molecule has 2 rings (SSSR count). The molecule has 1 aromatic rings. The largest absolute Gasteiger partial charge is 0.443 e. The Balaban J connectivity index is 2.42. The maximum Gasteiger partial charge on any atom is 0.415 e. The predicted octanol–water partition coefficient (Wildman–Crippen LogP) is 2.68. The second kappa shape index (κ2) is 7.73. The van der Waals surface area contributed by atoms with Crippen LogP contribution >= 0.6 is 0 Å². The van der Waals surface area contributed by atoms with Gasteiger partial charge in [-0.15, -0.1) is 0 Å². The van der Waals surface area contributed by atoms with Crippen molar-refractivity contribution in [2.75, 3.05) is 24.7 Å². The van der Waals surface area contributed by atoms with Gasteiger partial charge in [-0.3, -0.25) is 24.4 Å². The van der Waals surface area contributed by atoms with Crippen LogP contribution in [0, 0.1) is 16.0 Å². The van der Waals surface area contributed by atoms with Gasteiger partial charge in [0.05, 0.1) is 17.6 Å². The summed E-state index contributed by atoms with van der Waals surface area (Å²) in [7, 11) is 0. The topological polar surface area (TPSA) is 97.6 Å². The Morgan fingerprint density at radius 1 is 1.52 bits per heavy atom. The minimum atomic E-state index is -0.765. The molecule has 2 atom stereocenters. The van der Waals surface area contributed by atoms with E-state index in [0.717, 1.165) is 6.20 Å². The van der Waals surface area contributed by atoms with E-state index >= 15 is 0 Å². The van der Waals surface area contributed by atoms with E-state index in [2.05, 4.69) is 10.3 Å². The maximum atomic E-state index is 13.1. The molecule has 138 valence electrons. The third-order valence-electron chi connectivity index (χ3n) is 3.83. The van der Waals surface area contributed by atoms with Crippen LogP contribution in [0.5, 0.6) is 0 Å². The molecule has 1 amide bonds. The third kappa shape index (κ3) is 4.85. The molecule has 0 bridgehead atoms. The van der Waals surface area contributed by atoms with Gasteiger partial charge >= 0.3 is 11.8 Å². The summed E-state index contributed by atoms with van der Waals surface area (Å²) < 4.78 is 18.5. The summed E-state index contributed by atoms with van der Waals surface area (Å²) in [6.07, 6.45) is 2.16. The molecule has 1 saturated heterocycles. The van der Waals surface area contributed by atoms with Crippen LogP contribution in [0.2, 0.25) is 0 Å². The van der Waals surface area contributed by atoms with Crippen LogP contribution in [-0.2, 0) is 4.74 Å². The highest BCUT2D eigenvalue weighted by molar-refractivity contribution is 5.91. The summed E-state index contributed by atoms with van der Waals surface area (Å²) in [6.45, 7) is 5.53. The maximum absolute atomic E-state index is 13.1. The Morgan fingerprint density at radius 2 is 2.24 bits per heavy atom. The molecular formula is C16H23FN4O4. The Bertz CT molecular complexity index is 635. The van der Waals surface area contributed by atoms with Crippen molar-refractivity contribution < 1.29 is 18.8 Å². The van der Waals surface area contributed by atoms with E-state index in [0.29, 0.717) is 19.5 Å². The van der Waals surface area contributed by atoms with Gasteiger partial charge in [0.1, 0.15) is 17.5 Å². The molecule has 1 fully saturated rings. The molecule has 8 nitrogen and oxygen atoms in total. The van der Waals surface area contributed by atoms with Crippen LogP contribution in [0.4, 0.5) is 20.6 Å². The standard InChI is InChI=1S/C16H23FN4O4/c1-16(2,3)25-15(22)20(12-6-11(7-17)8-19-9-12)13-4-5-18-10-14(13)21(23)24/h4-5,10-12,19H,6-9H2,1-3H3. The SMILES string of the molecule is CC(C)(C)OC(=O)N(c1ccncc1[N+](=O)[O-])C1CNCC(CF)C1. The fourth-order valence-electron chi connectivity index (χ4n) is 2.80. The lowest BCUT2D eigenvalue weighted by Gasteiger charge is -2.37. The molecule has 9 heteroatoms. The summed E-state index contributed by atoms with van der Waals surface area (Å²) in [5.74, 6) is -0.260. The minimum absolute atomic E-state index is 0.0977. The van der Waals surface area contributed by atoms with E-state index in [1.807, 2.05) is 0 Å². The monoisotopic (exact) mass is 354 g/mol. The van der Waals surface area contributed by atoms with Gasteiger partial charge in [0, 0.05) is 25.2 Å². The number of alkyl halides is 1. The first-order valence-corrected chi connectivity index (χ1v) is 8.10. The van der Waals surface area contributed by atoms with Crippen LogP contribution in [0.15, 0.2) is 18.5 Å². The molecule has 1 aliphatic heterocycles. The Labute approximate surface area is 145 Å². The van der Waals surface area contributed by atoms with Crippen LogP contribution in [0.1, 0.15) is 27.2 Å². The molecular weight excluding hydrogens is 331 g/mol. The number of ether oxygens (including phenoxy) is 1. The summed E-state index contributed by atoms with van der Waals surface area (Å²) in [5.41, 5.74) is -0.963. The van der Waals surface area contributed by atoms with E-state index in [9.17, 15) is 19.3 Å². The van der Waals surface area contributed by atoms with Crippen molar-refractivity contribution in [2.24, 2.45) is 5.92 Å².